The second-order valence-electron chi connectivity index (χ2n) is 3.97. The number of aromatic nitrogens is 1. The number of pyridine rings is 1. The molecule has 0 spiro atoms. The number of hydrogen-bond donors (Lipinski definition) is 0. The number of methoxy groups -OCH3 is 1. The number of benzene rings is 1. The molecule has 0 fully saturated rings. The van der Waals surface area contributed by atoms with Crippen molar-refractivity contribution in [3.8, 4) is 17.0 Å². The molecule has 112 valence electrons. The number of alkyl halides is 3. The Kier molecular flexibility index (Phi) is 4.56. The number of halogens is 6. The first-order valence-corrected chi connectivity index (χ1v) is 6.65. The fourth-order valence-corrected chi connectivity index (χ4v) is 2.33. The fraction of sp³-hybridized carbons (Fsp3) is 0.154. The van der Waals surface area contributed by atoms with Crippen LogP contribution in [0.5, 0.6) is 5.88 Å². The van der Waals surface area contributed by atoms with E-state index in [2.05, 4.69) is 4.98 Å². The largest absolute Gasteiger partial charge is 0.481 e. The van der Waals surface area contributed by atoms with Gasteiger partial charge in [0.25, 0.3) is 0 Å². The zero-order valence-electron chi connectivity index (χ0n) is 10.4. The summed E-state index contributed by atoms with van der Waals surface area (Å²) in [4.78, 5) is 3.45. The van der Waals surface area contributed by atoms with Gasteiger partial charge < -0.3 is 4.74 Å². The zero-order valence-corrected chi connectivity index (χ0v) is 12.7. The first-order valence-electron chi connectivity index (χ1n) is 5.51. The molecule has 0 saturated carbocycles. The van der Waals surface area contributed by atoms with Crippen molar-refractivity contribution in [3.63, 3.8) is 0 Å². The minimum Gasteiger partial charge on any atom is -0.481 e. The molecule has 0 saturated heterocycles. The minimum absolute atomic E-state index is 0.109. The first kappa shape index (κ1) is 16.2. The summed E-state index contributed by atoms with van der Waals surface area (Å²) in [6.07, 6.45) is -4.56. The molecule has 2 nitrogen and oxygen atoms in total. The van der Waals surface area contributed by atoms with Gasteiger partial charge in [-0.3, -0.25) is 0 Å². The van der Waals surface area contributed by atoms with Crippen molar-refractivity contribution in [1.82, 2.24) is 4.98 Å². The highest BCUT2D eigenvalue weighted by atomic mass is 35.5. The van der Waals surface area contributed by atoms with Gasteiger partial charge in [0.15, 0.2) is 0 Å². The predicted octanol–water partition coefficient (Wildman–Crippen LogP) is 5.74. The molecule has 21 heavy (non-hydrogen) atoms. The molecule has 0 amide bonds. The van der Waals surface area contributed by atoms with E-state index in [9.17, 15) is 13.2 Å². The van der Waals surface area contributed by atoms with Gasteiger partial charge in [0.1, 0.15) is 5.69 Å². The van der Waals surface area contributed by atoms with E-state index < -0.39 is 11.9 Å². The quantitative estimate of drug-likeness (QED) is 0.640. The van der Waals surface area contributed by atoms with E-state index in [1.807, 2.05) is 0 Å². The van der Waals surface area contributed by atoms with Crippen LogP contribution in [-0.4, -0.2) is 12.1 Å². The molecule has 0 aliphatic carbocycles. The maximum Gasteiger partial charge on any atom is 0.433 e. The van der Waals surface area contributed by atoms with Gasteiger partial charge in [-0.1, -0.05) is 40.9 Å². The van der Waals surface area contributed by atoms with Gasteiger partial charge in [0.2, 0.25) is 5.88 Å². The molecule has 0 N–H and O–H groups in total. The standard InChI is InChI=1S/C13H7Cl3F3NO/c1-21-12-7(3-5-9(20-12)13(17,18)19)6-2-4-8(14)11(16)10(6)15/h2-5H,1H3. The maximum atomic E-state index is 12.7. The average Bonchev–Trinajstić information content (AvgIpc) is 2.43. The van der Waals surface area contributed by atoms with E-state index in [1.54, 1.807) is 0 Å². The van der Waals surface area contributed by atoms with Crippen LogP contribution in [-0.2, 0) is 6.18 Å². The molecule has 0 radical (unpaired) electrons. The molecule has 0 atom stereocenters. The molecule has 0 aliphatic rings. The van der Waals surface area contributed by atoms with Crippen molar-refractivity contribution in [2.45, 2.75) is 6.18 Å². The highest BCUT2D eigenvalue weighted by Crippen LogP contribution is 2.41. The van der Waals surface area contributed by atoms with Crippen molar-refractivity contribution in [3.05, 3.63) is 45.0 Å². The van der Waals surface area contributed by atoms with Gasteiger partial charge in [-0.05, 0) is 18.2 Å². The van der Waals surface area contributed by atoms with Gasteiger partial charge >= 0.3 is 6.18 Å². The number of rotatable bonds is 2. The zero-order chi connectivity index (χ0) is 15.8. The summed E-state index contributed by atoms with van der Waals surface area (Å²) in [6, 6.07) is 5.09. The van der Waals surface area contributed by atoms with Crippen molar-refractivity contribution < 1.29 is 17.9 Å². The van der Waals surface area contributed by atoms with E-state index in [0.717, 1.165) is 6.07 Å². The van der Waals surface area contributed by atoms with E-state index in [1.165, 1.54) is 25.3 Å². The first-order chi connectivity index (χ1) is 9.75. The molecule has 2 aromatic rings. The lowest BCUT2D eigenvalue weighted by molar-refractivity contribution is -0.141. The summed E-state index contributed by atoms with van der Waals surface area (Å²) in [5.74, 6) is -0.204. The summed E-state index contributed by atoms with van der Waals surface area (Å²) in [6.45, 7) is 0. The van der Waals surface area contributed by atoms with Gasteiger partial charge in [-0.2, -0.15) is 13.2 Å². The summed E-state index contributed by atoms with van der Waals surface area (Å²) < 4.78 is 42.9. The van der Waals surface area contributed by atoms with Gasteiger partial charge in [0, 0.05) is 11.1 Å². The number of ether oxygens (including phenoxy) is 1. The van der Waals surface area contributed by atoms with Crippen LogP contribution in [0.4, 0.5) is 13.2 Å². The monoisotopic (exact) mass is 355 g/mol. The van der Waals surface area contributed by atoms with Crippen LogP contribution in [0, 0.1) is 0 Å². The molecule has 1 heterocycles. The minimum atomic E-state index is -4.56. The normalized spacial score (nSPS) is 11.6. The smallest absolute Gasteiger partial charge is 0.433 e. The van der Waals surface area contributed by atoms with Crippen LogP contribution in [0.3, 0.4) is 0 Å². The second kappa shape index (κ2) is 5.91. The number of hydrogen-bond acceptors (Lipinski definition) is 2. The van der Waals surface area contributed by atoms with Gasteiger partial charge in [-0.15, -0.1) is 0 Å². The topological polar surface area (TPSA) is 22.1 Å². The van der Waals surface area contributed by atoms with Crippen LogP contribution in [0.2, 0.25) is 15.1 Å². The van der Waals surface area contributed by atoms with E-state index in [0.29, 0.717) is 5.56 Å². The number of nitrogens with zero attached hydrogens (tertiary/aromatic N) is 1. The van der Waals surface area contributed by atoms with E-state index in [4.69, 9.17) is 39.5 Å². The van der Waals surface area contributed by atoms with Crippen molar-refractivity contribution in [2.75, 3.05) is 7.11 Å². The molecule has 2 rings (SSSR count). The van der Waals surface area contributed by atoms with E-state index >= 15 is 0 Å². The Morgan fingerprint density at radius 1 is 0.952 bits per heavy atom. The summed E-state index contributed by atoms with van der Waals surface area (Å²) in [7, 11) is 1.22. The van der Waals surface area contributed by atoms with Crippen molar-refractivity contribution in [1.29, 1.82) is 0 Å². The third-order valence-corrected chi connectivity index (χ3v) is 3.96. The van der Waals surface area contributed by atoms with Crippen LogP contribution < -0.4 is 4.74 Å². The fourth-order valence-electron chi connectivity index (χ4n) is 1.69. The third kappa shape index (κ3) is 3.20. The van der Waals surface area contributed by atoms with Crippen molar-refractivity contribution in [2.24, 2.45) is 0 Å². The van der Waals surface area contributed by atoms with Gasteiger partial charge in [-0.25, -0.2) is 4.98 Å². The summed E-state index contributed by atoms with van der Waals surface area (Å²) in [5.41, 5.74) is -0.391. The molecule has 1 aromatic heterocycles. The van der Waals surface area contributed by atoms with Crippen LogP contribution in [0.15, 0.2) is 24.3 Å². The van der Waals surface area contributed by atoms with Crippen LogP contribution in [0.25, 0.3) is 11.1 Å². The van der Waals surface area contributed by atoms with Crippen LogP contribution in [0.1, 0.15) is 5.69 Å². The van der Waals surface area contributed by atoms with Gasteiger partial charge in [0.05, 0.1) is 22.2 Å². The lowest BCUT2D eigenvalue weighted by Gasteiger charge is -2.13. The molecule has 8 heteroatoms. The Morgan fingerprint density at radius 2 is 1.57 bits per heavy atom. The Bertz CT molecular complexity index is 689. The molecule has 1 aromatic carbocycles. The summed E-state index contributed by atoms with van der Waals surface area (Å²) >= 11 is 17.8. The molecular formula is C13H7Cl3F3NO. The Hall–Kier alpha value is -1.17. The third-order valence-electron chi connectivity index (χ3n) is 2.67. The highest BCUT2D eigenvalue weighted by Gasteiger charge is 2.33. The van der Waals surface area contributed by atoms with Crippen LogP contribution >= 0.6 is 34.8 Å². The average molecular weight is 357 g/mol. The molecule has 0 bridgehead atoms. The Labute approximate surface area is 133 Å². The Balaban J connectivity index is 2.63. The lowest BCUT2D eigenvalue weighted by atomic mass is 10.1. The van der Waals surface area contributed by atoms with Crippen molar-refractivity contribution >= 4 is 34.8 Å². The molecular weight excluding hydrogens is 350 g/mol. The van der Waals surface area contributed by atoms with E-state index in [-0.39, 0.29) is 26.5 Å². The maximum absolute atomic E-state index is 12.7. The predicted molar refractivity (Wildman–Crippen MR) is 76.3 cm³/mol. The second-order valence-corrected chi connectivity index (χ2v) is 5.14. The Morgan fingerprint density at radius 3 is 2.14 bits per heavy atom. The molecule has 0 aliphatic heterocycles. The lowest BCUT2D eigenvalue weighted by Crippen LogP contribution is -2.09. The molecule has 0 unspecified atom stereocenters. The summed E-state index contributed by atoms with van der Waals surface area (Å²) in [5, 5.41) is 0.464. The highest BCUT2D eigenvalue weighted by molar-refractivity contribution is 6.49. The SMILES string of the molecule is COc1nc(C(F)(F)F)ccc1-c1ccc(Cl)c(Cl)c1Cl.